The number of amides is 2. The molecular weight excluding hydrogens is 356 g/mol. The van der Waals surface area contributed by atoms with Gasteiger partial charge in [0.05, 0.1) is 12.1 Å². The summed E-state index contributed by atoms with van der Waals surface area (Å²) in [6.45, 7) is 9.54. The number of carbonyl (C=O) groups is 2. The Morgan fingerprint density at radius 2 is 1.69 bits per heavy atom. The maximum atomic E-state index is 12.6. The third-order valence-electron chi connectivity index (χ3n) is 3.81. The quantitative estimate of drug-likeness (QED) is 0.679. The Balaban J connectivity index is 2.57. The van der Waals surface area contributed by atoms with Crippen LogP contribution in [-0.4, -0.2) is 36.8 Å². The molecule has 2 N–H and O–H groups in total. The summed E-state index contributed by atoms with van der Waals surface area (Å²) in [5.41, 5.74) is 0. The van der Waals surface area contributed by atoms with Gasteiger partial charge in [0.1, 0.15) is 18.4 Å². The summed E-state index contributed by atoms with van der Waals surface area (Å²) in [5.74, 6) is 0.388. The van der Waals surface area contributed by atoms with Crippen molar-refractivity contribution in [3.05, 3.63) is 29.3 Å². The number of carbonyl (C=O) groups excluding carboxylic acids is 2. The summed E-state index contributed by atoms with van der Waals surface area (Å²) in [6.07, 6.45) is -0.0942. The highest BCUT2D eigenvalue weighted by molar-refractivity contribution is 6.30. The average molecular weight is 385 g/mol. The number of nitrogens with one attached hydrogen (secondary N) is 2. The van der Waals surface area contributed by atoms with Crippen LogP contribution in [0.4, 0.5) is 4.79 Å². The Labute approximate surface area is 160 Å². The Morgan fingerprint density at radius 3 is 2.23 bits per heavy atom. The minimum atomic E-state index is -0.663. The summed E-state index contributed by atoms with van der Waals surface area (Å²) in [5, 5.41) is 6.16. The lowest BCUT2D eigenvalue weighted by molar-refractivity contribution is -0.125. The fourth-order valence-corrected chi connectivity index (χ4v) is 2.33. The summed E-state index contributed by atoms with van der Waals surface area (Å²) in [6, 6.07) is 6.12. The van der Waals surface area contributed by atoms with Gasteiger partial charge >= 0.3 is 6.09 Å². The van der Waals surface area contributed by atoms with E-state index < -0.39 is 12.1 Å². The molecule has 0 spiro atoms. The van der Waals surface area contributed by atoms with Crippen LogP contribution in [0.15, 0.2) is 24.3 Å². The van der Waals surface area contributed by atoms with E-state index in [1.54, 1.807) is 38.1 Å². The zero-order chi connectivity index (χ0) is 19.7. The zero-order valence-corrected chi connectivity index (χ0v) is 16.8. The van der Waals surface area contributed by atoms with Gasteiger partial charge in [-0.1, -0.05) is 31.9 Å². The standard InChI is InChI=1S/C19H29ClN2O4/c1-6-13(4)17(22-19(24)26-12(2)3)18(23)21-14(5)11-25-16-9-7-15(20)8-10-16/h7-10,12-14,17H,6,11H2,1-5H3,(H,21,23)(H,22,24). The molecule has 1 aromatic rings. The van der Waals surface area contributed by atoms with Crippen molar-refractivity contribution >= 4 is 23.6 Å². The van der Waals surface area contributed by atoms with Crippen LogP contribution in [-0.2, 0) is 9.53 Å². The van der Waals surface area contributed by atoms with E-state index >= 15 is 0 Å². The average Bonchev–Trinajstić information content (AvgIpc) is 2.57. The molecule has 1 rings (SSSR count). The van der Waals surface area contributed by atoms with Crippen molar-refractivity contribution in [3.63, 3.8) is 0 Å². The molecule has 26 heavy (non-hydrogen) atoms. The van der Waals surface area contributed by atoms with E-state index in [2.05, 4.69) is 10.6 Å². The number of hydrogen-bond acceptors (Lipinski definition) is 4. The van der Waals surface area contributed by atoms with Gasteiger partial charge in [-0.15, -0.1) is 0 Å². The molecule has 146 valence electrons. The van der Waals surface area contributed by atoms with Crippen molar-refractivity contribution in [2.45, 2.75) is 59.2 Å². The molecule has 3 atom stereocenters. The summed E-state index contributed by atoms with van der Waals surface area (Å²) >= 11 is 5.84. The SMILES string of the molecule is CCC(C)C(NC(=O)OC(C)C)C(=O)NC(C)COc1ccc(Cl)cc1. The molecule has 6 nitrogen and oxygen atoms in total. The molecule has 3 unspecified atom stereocenters. The number of ether oxygens (including phenoxy) is 2. The van der Waals surface area contributed by atoms with Crippen LogP contribution in [0.1, 0.15) is 41.0 Å². The first-order valence-corrected chi connectivity index (χ1v) is 9.26. The Hall–Kier alpha value is -1.95. The molecule has 0 saturated carbocycles. The topological polar surface area (TPSA) is 76.7 Å². The van der Waals surface area contributed by atoms with E-state index in [1.165, 1.54) is 0 Å². The highest BCUT2D eigenvalue weighted by Crippen LogP contribution is 2.15. The third-order valence-corrected chi connectivity index (χ3v) is 4.07. The molecule has 0 aliphatic rings. The van der Waals surface area contributed by atoms with Crippen molar-refractivity contribution in [2.75, 3.05) is 6.61 Å². The van der Waals surface area contributed by atoms with Crippen molar-refractivity contribution in [2.24, 2.45) is 5.92 Å². The number of hydrogen-bond donors (Lipinski definition) is 2. The molecule has 7 heteroatoms. The van der Waals surface area contributed by atoms with E-state index in [0.717, 1.165) is 6.42 Å². The van der Waals surface area contributed by atoms with Crippen molar-refractivity contribution in [1.29, 1.82) is 0 Å². The van der Waals surface area contributed by atoms with Gasteiger partial charge in [-0.3, -0.25) is 4.79 Å². The van der Waals surface area contributed by atoms with Gasteiger partial charge in [-0.25, -0.2) is 4.79 Å². The molecule has 2 amide bonds. The van der Waals surface area contributed by atoms with Gasteiger partial charge in [0.15, 0.2) is 0 Å². The van der Waals surface area contributed by atoms with E-state index in [1.807, 2.05) is 20.8 Å². The minimum absolute atomic E-state index is 0.0286. The van der Waals surface area contributed by atoms with Gasteiger partial charge < -0.3 is 20.1 Å². The molecule has 1 aromatic carbocycles. The molecule has 0 aliphatic carbocycles. The largest absolute Gasteiger partial charge is 0.491 e. The van der Waals surface area contributed by atoms with Gasteiger partial charge in [-0.2, -0.15) is 0 Å². The molecule has 0 fully saturated rings. The second-order valence-corrected chi connectivity index (χ2v) is 7.07. The highest BCUT2D eigenvalue weighted by atomic mass is 35.5. The first kappa shape index (κ1) is 22.1. The second-order valence-electron chi connectivity index (χ2n) is 6.64. The van der Waals surface area contributed by atoms with E-state index in [0.29, 0.717) is 17.4 Å². The maximum absolute atomic E-state index is 12.6. The third kappa shape index (κ3) is 7.95. The van der Waals surface area contributed by atoms with Crippen LogP contribution in [0.25, 0.3) is 0 Å². The monoisotopic (exact) mass is 384 g/mol. The molecule has 0 saturated heterocycles. The van der Waals surface area contributed by atoms with E-state index in [4.69, 9.17) is 21.1 Å². The second kappa shape index (κ2) is 10.9. The lowest BCUT2D eigenvalue weighted by atomic mass is 9.98. The van der Waals surface area contributed by atoms with Crippen molar-refractivity contribution in [3.8, 4) is 5.75 Å². The van der Waals surface area contributed by atoms with Crippen LogP contribution in [0.3, 0.4) is 0 Å². The predicted molar refractivity (Wildman–Crippen MR) is 103 cm³/mol. The van der Waals surface area contributed by atoms with Crippen LogP contribution >= 0.6 is 11.6 Å². The number of rotatable bonds is 9. The van der Waals surface area contributed by atoms with Crippen LogP contribution in [0.2, 0.25) is 5.02 Å². The van der Waals surface area contributed by atoms with Crippen molar-refractivity contribution < 1.29 is 19.1 Å². The Morgan fingerprint density at radius 1 is 1.08 bits per heavy atom. The van der Waals surface area contributed by atoms with E-state index in [9.17, 15) is 9.59 Å². The highest BCUT2D eigenvalue weighted by Gasteiger charge is 2.27. The summed E-state index contributed by atoms with van der Waals surface area (Å²) in [7, 11) is 0. The number of alkyl carbamates (subject to hydrolysis) is 1. The Kier molecular flexibility index (Phi) is 9.27. The molecule has 0 heterocycles. The molecule has 0 radical (unpaired) electrons. The maximum Gasteiger partial charge on any atom is 0.408 e. The zero-order valence-electron chi connectivity index (χ0n) is 16.0. The normalized spacial score (nSPS) is 14.3. The lowest BCUT2D eigenvalue weighted by Gasteiger charge is -2.25. The summed E-state index contributed by atoms with van der Waals surface area (Å²) < 4.78 is 10.7. The first-order valence-electron chi connectivity index (χ1n) is 8.88. The van der Waals surface area contributed by atoms with Crippen molar-refractivity contribution in [1.82, 2.24) is 10.6 Å². The van der Waals surface area contributed by atoms with Gasteiger partial charge in [-0.05, 0) is 51.0 Å². The van der Waals surface area contributed by atoms with Crippen LogP contribution in [0.5, 0.6) is 5.75 Å². The predicted octanol–water partition coefficient (Wildman–Crippen LogP) is 3.77. The molecule has 0 aliphatic heterocycles. The van der Waals surface area contributed by atoms with Gasteiger partial charge in [0, 0.05) is 5.02 Å². The molecule has 0 bridgehead atoms. The van der Waals surface area contributed by atoms with Gasteiger partial charge in [0.2, 0.25) is 5.91 Å². The molecule has 0 aromatic heterocycles. The minimum Gasteiger partial charge on any atom is -0.491 e. The van der Waals surface area contributed by atoms with Crippen LogP contribution < -0.4 is 15.4 Å². The smallest absolute Gasteiger partial charge is 0.408 e. The number of halogens is 1. The number of benzene rings is 1. The fraction of sp³-hybridized carbons (Fsp3) is 0.579. The summed E-state index contributed by atoms with van der Waals surface area (Å²) in [4.78, 5) is 24.4. The first-order chi connectivity index (χ1) is 12.2. The molecular formula is C19H29ClN2O4. The van der Waals surface area contributed by atoms with Crippen LogP contribution in [0, 0.1) is 5.92 Å². The Bertz CT molecular complexity index is 577. The fourth-order valence-electron chi connectivity index (χ4n) is 2.20. The lowest BCUT2D eigenvalue weighted by Crippen LogP contribution is -2.53. The van der Waals surface area contributed by atoms with Gasteiger partial charge in [0.25, 0.3) is 0 Å². The van der Waals surface area contributed by atoms with E-state index in [-0.39, 0.29) is 24.0 Å².